The maximum absolute atomic E-state index is 9.07. The van der Waals surface area contributed by atoms with E-state index in [4.69, 9.17) is 10.2 Å². The molecule has 0 atom stereocenters. The number of hydrogen-bond acceptors (Lipinski definition) is 7. The van der Waals surface area contributed by atoms with E-state index in [-0.39, 0.29) is 0 Å². The first kappa shape index (κ1) is 19.3. The number of pyridine rings is 1. The van der Waals surface area contributed by atoms with Gasteiger partial charge in [-0.25, -0.2) is 15.0 Å². The predicted octanol–water partition coefficient (Wildman–Crippen LogP) is 2.28. The molecular formula is C23H22N8. The standard InChI is InChI=1S/C23H22N8/c24-13-19-11-21(28-15-27-19)17-1-2-20-22(10-17)30-23(29-20)12-18-9-16(3-4-26-18)14-31-7-5-25-6-8-31/h1-4,9-11,15,25H,5-8,12,14H2,(H,29,30). The van der Waals surface area contributed by atoms with Crippen LogP contribution in [0, 0.1) is 11.3 Å². The van der Waals surface area contributed by atoms with Gasteiger partial charge in [0.25, 0.3) is 0 Å². The number of imidazole rings is 1. The Balaban J connectivity index is 1.35. The Bertz CT molecular complexity index is 1250. The average Bonchev–Trinajstić information content (AvgIpc) is 3.21. The minimum Gasteiger partial charge on any atom is -0.342 e. The minimum absolute atomic E-state index is 0.349. The van der Waals surface area contributed by atoms with Crippen molar-refractivity contribution in [1.82, 2.24) is 35.1 Å². The zero-order chi connectivity index (χ0) is 21.0. The van der Waals surface area contributed by atoms with Gasteiger partial charge in [0.15, 0.2) is 0 Å². The summed E-state index contributed by atoms with van der Waals surface area (Å²) in [4.78, 5) is 23.4. The van der Waals surface area contributed by atoms with Crippen LogP contribution in [0.25, 0.3) is 22.3 Å². The van der Waals surface area contributed by atoms with Gasteiger partial charge in [-0.05, 0) is 29.8 Å². The second kappa shape index (κ2) is 8.60. The maximum atomic E-state index is 9.07. The van der Waals surface area contributed by atoms with Crippen LogP contribution in [0.5, 0.6) is 0 Å². The molecule has 0 amide bonds. The number of nitriles is 1. The van der Waals surface area contributed by atoms with Gasteiger partial charge in [0, 0.05) is 62.7 Å². The first-order valence-corrected chi connectivity index (χ1v) is 10.3. The molecule has 3 aromatic heterocycles. The third-order valence-electron chi connectivity index (χ3n) is 5.45. The molecule has 2 N–H and O–H groups in total. The summed E-state index contributed by atoms with van der Waals surface area (Å²) < 4.78 is 0. The summed E-state index contributed by atoms with van der Waals surface area (Å²) in [6, 6.07) is 13.9. The molecule has 0 radical (unpaired) electrons. The number of aromatic amines is 1. The van der Waals surface area contributed by atoms with Crippen LogP contribution < -0.4 is 5.32 Å². The molecule has 5 rings (SSSR count). The molecule has 8 nitrogen and oxygen atoms in total. The molecule has 0 spiro atoms. The Morgan fingerprint density at radius 1 is 1.03 bits per heavy atom. The van der Waals surface area contributed by atoms with Gasteiger partial charge in [0.1, 0.15) is 23.9 Å². The molecule has 154 valence electrons. The fourth-order valence-corrected chi connectivity index (χ4v) is 3.90. The van der Waals surface area contributed by atoms with Crippen LogP contribution in [0.4, 0.5) is 0 Å². The Kier molecular flexibility index (Phi) is 5.35. The van der Waals surface area contributed by atoms with Crippen LogP contribution in [-0.4, -0.2) is 56.0 Å². The fraction of sp³-hybridized carbons (Fsp3) is 0.261. The topological polar surface area (TPSA) is 106 Å². The van der Waals surface area contributed by atoms with Crippen molar-refractivity contribution in [1.29, 1.82) is 5.26 Å². The van der Waals surface area contributed by atoms with Gasteiger partial charge in [-0.2, -0.15) is 5.26 Å². The Morgan fingerprint density at radius 2 is 1.94 bits per heavy atom. The van der Waals surface area contributed by atoms with Crippen LogP contribution in [-0.2, 0) is 13.0 Å². The van der Waals surface area contributed by atoms with Crippen LogP contribution in [0.1, 0.15) is 22.8 Å². The smallest absolute Gasteiger partial charge is 0.144 e. The lowest BCUT2D eigenvalue weighted by atomic mass is 10.1. The quantitative estimate of drug-likeness (QED) is 0.520. The summed E-state index contributed by atoms with van der Waals surface area (Å²) in [6.07, 6.45) is 3.94. The van der Waals surface area contributed by atoms with Crippen molar-refractivity contribution >= 4 is 11.0 Å². The van der Waals surface area contributed by atoms with Crippen molar-refractivity contribution in [3.05, 3.63) is 71.7 Å². The Labute approximate surface area is 180 Å². The molecule has 4 aromatic rings. The summed E-state index contributed by atoms with van der Waals surface area (Å²) in [5, 5.41) is 12.5. The van der Waals surface area contributed by atoms with Crippen LogP contribution >= 0.6 is 0 Å². The van der Waals surface area contributed by atoms with Gasteiger partial charge in [-0.1, -0.05) is 6.07 Å². The minimum atomic E-state index is 0.349. The molecule has 0 saturated carbocycles. The average molecular weight is 410 g/mol. The van der Waals surface area contributed by atoms with Gasteiger partial charge >= 0.3 is 0 Å². The third-order valence-corrected chi connectivity index (χ3v) is 5.45. The van der Waals surface area contributed by atoms with E-state index in [1.807, 2.05) is 24.4 Å². The monoisotopic (exact) mass is 410 g/mol. The van der Waals surface area contributed by atoms with Crippen LogP contribution in [0.3, 0.4) is 0 Å². The summed E-state index contributed by atoms with van der Waals surface area (Å²) in [5.74, 6) is 0.874. The van der Waals surface area contributed by atoms with Gasteiger partial charge in [0.2, 0.25) is 0 Å². The van der Waals surface area contributed by atoms with Crippen molar-refractivity contribution in [2.45, 2.75) is 13.0 Å². The molecule has 1 aromatic carbocycles. The number of hydrogen-bond donors (Lipinski definition) is 2. The lowest BCUT2D eigenvalue weighted by Crippen LogP contribution is -2.42. The van der Waals surface area contributed by atoms with E-state index in [0.717, 1.165) is 60.8 Å². The molecule has 1 saturated heterocycles. The molecule has 0 aliphatic carbocycles. The van der Waals surface area contributed by atoms with E-state index in [1.165, 1.54) is 11.9 Å². The number of rotatable bonds is 5. The van der Waals surface area contributed by atoms with E-state index in [0.29, 0.717) is 17.8 Å². The number of benzene rings is 1. The lowest BCUT2D eigenvalue weighted by Gasteiger charge is -2.27. The highest BCUT2D eigenvalue weighted by molar-refractivity contribution is 5.81. The highest BCUT2D eigenvalue weighted by atomic mass is 15.2. The van der Waals surface area contributed by atoms with Crippen molar-refractivity contribution < 1.29 is 0 Å². The molecule has 0 unspecified atom stereocenters. The zero-order valence-corrected chi connectivity index (χ0v) is 17.0. The van der Waals surface area contributed by atoms with Crippen molar-refractivity contribution in [3.8, 4) is 17.3 Å². The molecule has 8 heteroatoms. The number of nitrogens with one attached hydrogen (secondary N) is 2. The zero-order valence-electron chi connectivity index (χ0n) is 17.0. The second-order valence-electron chi connectivity index (χ2n) is 7.67. The van der Waals surface area contributed by atoms with Gasteiger partial charge < -0.3 is 10.3 Å². The van der Waals surface area contributed by atoms with E-state index in [1.54, 1.807) is 6.07 Å². The number of piperazine rings is 1. The lowest BCUT2D eigenvalue weighted by molar-refractivity contribution is 0.233. The molecule has 1 fully saturated rings. The first-order valence-electron chi connectivity index (χ1n) is 10.3. The van der Waals surface area contributed by atoms with Gasteiger partial charge in [-0.3, -0.25) is 9.88 Å². The molecule has 0 bridgehead atoms. The highest BCUT2D eigenvalue weighted by Crippen LogP contribution is 2.22. The van der Waals surface area contributed by atoms with Gasteiger partial charge in [-0.15, -0.1) is 0 Å². The number of fused-ring (bicyclic) bond motifs is 1. The SMILES string of the molecule is N#Cc1cc(-c2ccc3nc(Cc4cc(CN5CCNCC5)ccn4)[nH]c3c2)ncn1. The fourth-order valence-electron chi connectivity index (χ4n) is 3.90. The summed E-state index contributed by atoms with van der Waals surface area (Å²) in [5.41, 5.74) is 6.09. The van der Waals surface area contributed by atoms with E-state index in [9.17, 15) is 0 Å². The Hall–Kier alpha value is -3.67. The summed E-state index contributed by atoms with van der Waals surface area (Å²) >= 11 is 0. The van der Waals surface area contributed by atoms with E-state index >= 15 is 0 Å². The van der Waals surface area contributed by atoms with Crippen molar-refractivity contribution in [3.63, 3.8) is 0 Å². The summed E-state index contributed by atoms with van der Waals surface area (Å²) in [6.45, 7) is 5.19. The Morgan fingerprint density at radius 3 is 2.81 bits per heavy atom. The van der Waals surface area contributed by atoms with E-state index < -0.39 is 0 Å². The second-order valence-corrected chi connectivity index (χ2v) is 7.67. The van der Waals surface area contributed by atoms with Crippen molar-refractivity contribution in [2.24, 2.45) is 0 Å². The molecule has 1 aliphatic rings. The molecule has 31 heavy (non-hydrogen) atoms. The van der Waals surface area contributed by atoms with Crippen LogP contribution in [0.2, 0.25) is 0 Å². The normalized spacial score (nSPS) is 14.5. The first-order chi connectivity index (χ1) is 15.3. The van der Waals surface area contributed by atoms with E-state index in [2.05, 4.69) is 48.4 Å². The maximum Gasteiger partial charge on any atom is 0.144 e. The predicted molar refractivity (Wildman–Crippen MR) is 117 cm³/mol. The third kappa shape index (κ3) is 4.43. The molecule has 4 heterocycles. The van der Waals surface area contributed by atoms with Crippen molar-refractivity contribution in [2.75, 3.05) is 26.2 Å². The largest absolute Gasteiger partial charge is 0.342 e. The molecular weight excluding hydrogens is 388 g/mol. The molecule has 1 aliphatic heterocycles. The highest BCUT2D eigenvalue weighted by Gasteiger charge is 2.12. The van der Waals surface area contributed by atoms with Gasteiger partial charge in [0.05, 0.1) is 16.7 Å². The number of nitrogens with zero attached hydrogens (tertiary/aromatic N) is 6. The van der Waals surface area contributed by atoms with Crippen LogP contribution in [0.15, 0.2) is 48.9 Å². The number of aromatic nitrogens is 5. The number of H-pyrrole nitrogens is 1. The summed E-state index contributed by atoms with van der Waals surface area (Å²) in [7, 11) is 0.